The lowest BCUT2D eigenvalue weighted by Crippen LogP contribution is -2.27. The van der Waals surface area contributed by atoms with E-state index in [9.17, 15) is 0 Å². The van der Waals surface area contributed by atoms with Gasteiger partial charge >= 0.3 is 16.6 Å². The van der Waals surface area contributed by atoms with Gasteiger partial charge in [0.15, 0.2) is 0 Å². The quantitative estimate of drug-likeness (QED) is 0.373. The Balaban J connectivity index is 3.64. The Morgan fingerprint density at radius 2 is 1.25 bits per heavy atom. The molecule has 0 fully saturated rings. The average molecular weight is 240 g/mol. The van der Waals surface area contributed by atoms with Gasteiger partial charge in [-0.2, -0.15) is 0 Å². The molecule has 0 amide bonds. The molecule has 0 saturated carbocycles. The summed E-state index contributed by atoms with van der Waals surface area (Å²) in [6.45, 7) is 6.78. The highest BCUT2D eigenvalue weighted by atomic mass is 27.1. The van der Waals surface area contributed by atoms with E-state index in [-0.39, 0.29) is 5.60 Å². The van der Waals surface area contributed by atoms with Gasteiger partial charge in [0.25, 0.3) is 0 Å². The maximum Gasteiger partial charge on any atom is 0.369 e. The van der Waals surface area contributed by atoms with E-state index in [0.717, 1.165) is 0 Å². The molecular formula is C14H29AlO. The summed E-state index contributed by atoms with van der Waals surface area (Å²) in [5.41, 5.74) is 0.103. The molecule has 0 unspecified atom stereocenters. The topological polar surface area (TPSA) is 9.23 Å². The summed E-state index contributed by atoms with van der Waals surface area (Å²) < 4.78 is 5.61. The molecule has 0 saturated heterocycles. The first-order valence-electron chi connectivity index (χ1n) is 7.06. The Hall–Kier alpha value is 0.492. The molecule has 0 bridgehead atoms. The van der Waals surface area contributed by atoms with Gasteiger partial charge in [0.05, 0.1) is 0 Å². The molecule has 16 heavy (non-hydrogen) atoms. The third-order valence-electron chi connectivity index (χ3n) is 3.40. The van der Waals surface area contributed by atoms with Crippen molar-refractivity contribution in [2.24, 2.45) is 0 Å². The van der Waals surface area contributed by atoms with Crippen LogP contribution in [0.25, 0.3) is 0 Å². The van der Waals surface area contributed by atoms with Crippen LogP contribution in [0.15, 0.2) is 0 Å². The van der Waals surface area contributed by atoms with Gasteiger partial charge in [-0.05, 0) is 19.8 Å². The molecule has 0 aromatic rings. The molecule has 0 aromatic carbocycles. The first-order chi connectivity index (χ1) is 7.68. The van der Waals surface area contributed by atoms with Gasteiger partial charge in [-0.3, -0.25) is 0 Å². The molecule has 0 aromatic heterocycles. The van der Waals surface area contributed by atoms with Crippen molar-refractivity contribution < 1.29 is 3.79 Å². The molecule has 1 nitrogen and oxygen atoms in total. The second-order valence-electron chi connectivity index (χ2n) is 5.19. The Labute approximate surface area is 111 Å². The monoisotopic (exact) mass is 240 g/mol. The molecular weight excluding hydrogens is 211 g/mol. The zero-order valence-corrected chi connectivity index (χ0v) is 12.7. The highest BCUT2D eigenvalue weighted by Crippen LogP contribution is 2.25. The van der Waals surface area contributed by atoms with Gasteiger partial charge in [-0.25, -0.2) is 0 Å². The van der Waals surface area contributed by atoms with E-state index < -0.39 is 0 Å². The predicted octanol–water partition coefficient (Wildman–Crippen LogP) is 4.79. The Morgan fingerprint density at radius 1 is 0.812 bits per heavy atom. The molecule has 0 N–H and O–H groups in total. The van der Waals surface area contributed by atoms with Crippen LogP contribution in [0.3, 0.4) is 0 Å². The first-order valence-corrected chi connectivity index (χ1v) is 7.53. The fourth-order valence-electron chi connectivity index (χ4n) is 2.09. The van der Waals surface area contributed by atoms with Crippen LogP contribution >= 0.6 is 0 Å². The van der Waals surface area contributed by atoms with E-state index in [0.29, 0.717) is 0 Å². The van der Waals surface area contributed by atoms with Gasteiger partial charge in [-0.1, -0.05) is 65.2 Å². The van der Waals surface area contributed by atoms with Gasteiger partial charge in [0.1, 0.15) is 0 Å². The van der Waals surface area contributed by atoms with E-state index in [1.807, 2.05) is 0 Å². The minimum Gasteiger partial charge on any atom is -0.512 e. The molecule has 0 rings (SSSR count). The van der Waals surface area contributed by atoms with Crippen LogP contribution in [-0.2, 0) is 3.79 Å². The van der Waals surface area contributed by atoms with Crippen molar-refractivity contribution in [3.63, 3.8) is 0 Å². The summed E-state index contributed by atoms with van der Waals surface area (Å²) >= 11 is 2.47. The summed E-state index contributed by atoms with van der Waals surface area (Å²) in [7, 11) is 0. The fourth-order valence-corrected chi connectivity index (χ4v) is 2.33. The Bertz CT molecular complexity index is 136. The van der Waals surface area contributed by atoms with Gasteiger partial charge < -0.3 is 3.79 Å². The first kappa shape index (κ1) is 16.5. The van der Waals surface area contributed by atoms with Crippen LogP contribution in [0.1, 0.15) is 85.0 Å². The predicted molar refractivity (Wildman–Crippen MR) is 72.8 cm³/mol. The zero-order chi connectivity index (χ0) is 12.3. The third-order valence-corrected chi connectivity index (χ3v) is 3.97. The number of hydrogen-bond acceptors (Lipinski definition) is 1. The zero-order valence-electron chi connectivity index (χ0n) is 11.6. The summed E-state index contributed by atoms with van der Waals surface area (Å²) in [5.74, 6) is 0. The van der Waals surface area contributed by atoms with Crippen molar-refractivity contribution in [3.8, 4) is 0 Å². The molecule has 2 radical (unpaired) electrons. The summed E-state index contributed by atoms with van der Waals surface area (Å²) in [6, 6.07) is 0. The molecule has 0 aliphatic rings. The Kier molecular flexibility index (Phi) is 11.0. The van der Waals surface area contributed by atoms with Crippen molar-refractivity contribution in [3.05, 3.63) is 0 Å². The molecule has 0 aliphatic heterocycles. The van der Waals surface area contributed by atoms with Gasteiger partial charge in [-0.15, -0.1) is 0 Å². The molecule has 94 valence electrons. The fraction of sp³-hybridized carbons (Fsp3) is 1.00. The van der Waals surface area contributed by atoms with Crippen LogP contribution in [0, 0.1) is 0 Å². The van der Waals surface area contributed by atoms with E-state index >= 15 is 0 Å². The SMILES string of the molecule is CCCCCCC(C)(CCCCCC)[O][Al]. The lowest BCUT2D eigenvalue weighted by Gasteiger charge is -2.30. The second kappa shape index (κ2) is 10.6. The molecule has 0 atom stereocenters. The largest absolute Gasteiger partial charge is 0.512 e. The molecule has 0 aliphatic carbocycles. The minimum atomic E-state index is 0.103. The van der Waals surface area contributed by atoms with E-state index in [1.54, 1.807) is 0 Å². The van der Waals surface area contributed by atoms with Crippen LogP contribution in [-0.4, -0.2) is 22.2 Å². The lowest BCUT2D eigenvalue weighted by atomic mass is 9.92. The van der Waals surface area contributed by atoms with Crippen molar-refractivity contribution >= 4 is 16.6 Å². The highest BCUT2D eigenvalue weighted by Gasteiger charge is 2.20. The van der Waals surface area contributed by atoms with Crippen LogP contribution in [0.5, 0.6) is 0 Å². The van der Waals surface area contributed by atoms with E-state index in [4.69, 9.17) is 3.79 Å². The smallest absolute Gasteiger partial charge is 0.369 e. The standard InChI is InChI=1S/C14H29O.Al/c1-4-6-8-10-12-14(3,15)13-11-9-7-5-2;/h4-13H2,1-3H3;/q-1;+1. The molecule has 0 heterocycles. The van der Waals surface area contributed by atoms with Crippen molar-refractivity contribution in [2.45, 2.75) is 90.6 Å². The van der Waals surface area contributed by atoms with Crippen molar-refractivity contribution in [1.82, 2.24) is 0 Å². The third kappa shape index (κ3) is 8.62. The summed E-state index contributed by atoms with van der Waals surface area (Å²) in [4.78, 5) is 0. The van der Waals surface area contributed by atoms with E-state index in [2.05, 4.69) is 37.4 Å². The van der Waals surface area contributed by atoms with Crippen LogP contribution < -0.4 is 0 Å². The van der Waals surface area contributed by atoms with Crippen molar-refractivity contribution in [1.29, 1.82) is 0 Å². The van der Waals surface area contributed by atoms with E-state index in [1.165, 1.54) is 64.2 Å². The summed E-state index contributed by atoms with van der Waals surface area (Å²) in [6.07, 6.45) is 13.1. The van der Waals surface area contributed by atoms with Crippen molar-refractivity contribution in [2.75, 3.05) is 0 Å². The maximum absolute atomic E-state index is 5.61. The van der Waals surface area contributed by atoms with Gasteiger partial charge in [0.2, 0.25) is 0 Å². The average Bonchev–Trinajstić information content (AvgIpc) is 2.31. The normalized spacial score (nSPS) is 11.9. The second-order valence-corrected chi connectivity index (χ2v) is 5.42. The molecule has 2 heteroatoms. The maximum atomic E-state index is 5.61. The number of unbranched alkanes of at least 4 members (excludes halogenated alkanes) is 6. The van der Waals surface area contributed by atoms with Gasteiger partial charge in [0, 0.05) is 5.60 Å². The number of rotatable bonds is 11. The van der Waals surface area contributed by atoms with Crippen LogP contribution in [0.2, 0.25) is 0 Å². The summed E-state index contributed by atoms with van der Waals surface area (Å²) in [5, 5.41) is 0. The molecule has 0 spiro atoms. The minimum absolute atomic E-state index is 0.103. The number of hydrogen-bond donors (Lipinski definition) is 0. The highest BCUT2D eigenvalue weighted by molar-refractivity contribution is 5.98. The van der Waals surface area contributed by atoms with Crippen LogP contribution in [0.4, 0.5) is 0 Å². The lowest BCUT2D eigenvalue weighted by molar-refractivity contribution is 0.0745. The Morgan fingerprint density at radius 3 is 1.56 bits per heavy atom.